The molecule has 0 amide bonds. The van der Waals surface area contributed by atoms with Gasteiger partial charge in [0, 0.05) is 11.7 Å². The fourth-order valence-electron chi connectivity index (χ4n) is 3.14. The van der Waals surface area contributed by atoms with Crippen molar-refractivity contribution in [3.8, 4) is 0 Å². The molecule has 1 aliphatic heterocycles. The molecule has 1 heterocycles. The average molecular weight is 275 g/mol. The molecule has 112 valence electrons. The van der Waals surface area contributed by atoms with Crippen LogP contribution in [0.1, 0.15) is 31.7 Å². The Morgan fingerprint density at radius 1 is 1.25 bits per heavy atom. The largest absolute Gasteiger partial charge is 0.399 e. The highest BCUT2D eigenvalue weighted by Gasteiger charge is 2.20. The molecular weight excluding hydrogens is 246 g/mol. The van der Waals surface area contributed by atoms with Gasteiger partial charge < -0.3 is 15.5 Å². The first-order valence-corrected chi connectivity index (χ1v) is 7.96. The number of rotatable bonds is 6. The third-order valence-electron chi connectivity index (χ3n) is 4.64. The molecule has 0 bridgehead atoms. The van der Waals surface area contributed by atoms with Crippen molar-refractivity contribution >= 4 is 5.69 Å². The van der Waals surface area contributed by atoms with E-state index in [4.69, 9.17) is 5.73 Å². The lowest BCUT2D eigenvalue weighted by Crippen LogP contribution is -2.43. The maximum atomic E-state index is 5.99. The predicted molar refractivity (Wildman–Crippen MR) is 86.9 cm³/mol. The second-order valence-corrected chi connectivity index (χ2v) is 5.95. The lowest BCUT2D eigenvalue weighted by Gasteiger charge is -2.36. The number of para-hydroxylation sites is 1. The van der Waals surface area contributed by atoms with Crippen molar-refractivity contribution in [2.24, 2.45) is 0 Å². The summed E-state index contributed by atoms with van der Waals surface area (Å²) in [7, 11) is 2.28. The van der Waals surface area contributed by atoms with Crippen LogP contribution < -0.4 is 5.73 Å². The van der Waals surface area contributed by atoms with Crippen LogP contribution in [0.4, 0.5) is 5.69 Å². The zero-order valence-corrected chi connectivity index (χ0v) is 13.0. The molecule has 0 aliphatic carbocycles. The molecule has 1 fully saturated rings. The van der Waals surface area contributed by atoms with Gasteiger partial charge in [0.25, 0.3) is 0 Å². The zero-order chi connectivity index (χ0) is 14.4. The van der Waals surface area contributed by atoms with E-state index in [1.807, 2.05) is 12.1 Å². The molecule has 2 N–H and O–H groups in total. The quantitative estimate of drug-likeness (QED) is 0.810. The summed E-state index contributed by atoms with van der Waals surface area (Å²) in [5.41, 5.74) is 8.22. The van der Waals surface area contributed by atoms with Crippen molar-refractivity contribution in [1.29, 1.82) is 0 Å². The molecular formula is C17H29N3. The van der Waals surface area contributed by atoms with Crippen LogP contribution >= 0.6 is 0 Å². The second-order valence-electron chi connectivity index (χ2n) is 5.95. The zero-order valence-electron chi connectivity index (χ0n) is 13.0. The van der Waals surface area contributed by atoms with Gasteiger partial charge in [-0.1, -0.05) is 25.1 Å². The van der Waals surface area contributed by atoms with E-state index in [0.29, 0.717) is 0 Å². The molecule has 1 aromatic rings. The third kappa shape index (κ3) is 4.22. The van der Waals surface area contributed by atoms with Gasteiger partial charge in [-0.2, -0.15) is 0 Å². The number of nitrogens with zero attached hydrogens (tertiary/aromatic N) is 2. The maximum Gasteiger partial charge on any atom is 0.0346 e. The molecule has 0 spiro atoms. The second kappa shape index (κ2) is 7.65. The number of piperidine rings is 1. The number of benzene rings is 1. The van der Waals surface area contributed by atoms with Crippen molar-refractivity contribution in [3.63, 3.8) is 0 Å². The maximum absolute atomic E-state index is 5.99. The Labute approximate surface area is 123 Å². The summed E-state index contributed by atoms with van der Waals surface area (Å²) >= 11 is 0. The number of nitrogen functional groups attached to an aromatic ring is 1. The number of likely N-dealkylation sites (tertiary alicyclic amines) is 1. The summed E-state index contributed by atoms with van der Waals surface area (Å²) in [6.07, 6.45) is 4.92. The van der Waals surface area contributed by atoms with E-state index >= 15 is 0 Å². The normalized spacial score (nSPS) is 17.8. The van der Waals surface area contributed by atoms with Crippen LogP contribution in [0, 0.1) is 0 Å². The smallest absolute Gasteiger partial charge is 0.0346 e. The lowest BCUT2D eigenvalue weighted by molar-refractivity contribution is 0.131. The van der Waals surface area contributed by atoms with Gasteiger partial charge in [0.2, 0.25) is 0 Å². The molecule has 1 aromatic carbocycles. The highest BCUT2D eigenvalue weighted by atomic mass is 15.2. The number of anilines is 1. The van der Waals surface area contributed by atoms with Crippen LogP contribution in [0.2, 0.25) is 0 Å². The summed E-state index contributed by atoms with van der Waals surface area (Å²) in [6, 6.07) is 9.00. The van der Waals surface area contributed by atoms with Gasteiger partial charge in [-0.05, 0) is 70.5 Å². The third-order valence-corrected chi connectivity index (χ3v) is 4.64. The fourth-order valence-corrected chi connectivity index (χ4v) is 3.14. The first-order chi connectivity index (χ1) is 9.70. The summed E-state index contributed by atoms with van der Waals surface area (Å²) in [4.78, 5) is 5.10. The molecule has 0 unspecified atom stereocenters. The molecule has 0 aromatic heterocycles. The molecule has 3 nitrogen and oxygen atoms in total. The van der Waals surface area contributed by atoms with E-state index in [9.17, 15) is 0 Å². The minimum Gasteiger partial charge on any atom is -0.399 e. The molecule has 2 rings (SSSR count). The monoisotopic (exact) mass is 275 g/mol. The van der Waals surface area contributed by atoms with Crippen LogP contribution in [0.3, 0.4) is 0 Å². The van der Waals surface area contributed by atoms with E-state index in [1.165, 1.54) is 51.0 Å². The Hall–Kier alpha value is -1.06. The van der Waals surface area contributed by atoms with Crippen molar-refractivity contribution in [3.05, 3.63) is 29.8 Å². The van der Waals surface area contributed by atoms with E-state index in [-0.39, 0.29) is 0 Å². The molecule has 1 saturated heterocycles. The standard InChI is InChI=1S/C17H29N3/c1-3-20-13-10-16(11-14-20)19(2)12-6-8-15-7-4-5-9-17(15)18/h4-5,7,9,16H,3,6,8,10-14,18H2,1-2H3. The molecule has 3 heteroatoms. The lowest BCUT2D eigenvalue weighted by atomic mass is 10.0. The summed E-state index contributed by atoms with van der Waals surface area (Å²) in [5, 5.41) is 0. The van der Waals surface area contributed by atoms with Crippen molar-refractivity contribution in [2.75, 3.05) is 39.0 Å². The Balaban J connectivity index is 1.70. The van der Waals surface area contributed by atoms with Crippen molar-refractivity contribution in [2.45, 2.75) is 38.6 Å². The SMILES string of the molecule is CCN1CCC(N(C)CCCc2ccccc2N)CC1. The Bertz CT molecular complexity index is 397. The summed E-state index contributed by atoms with van der Waals surface area (Å²) in [5.74, 6) is 0. The average Bonchev–Trinajstić information content (AvgIpc) is 2.49. The summed E-state index contributed by atoms with van der Waals surface area (Å²) in [6.45, 7) is 7.15. The molecule has 1 aliphatic rings. The van der Waals surface area contributed by atoms with Crippen LogP contribution in [-0.4, -0.2) is 49.1 Å². The van der Waals surface area contributed by atoms with Gasteiger partial charge in [-0.25, -0.2) is 0 Å². The van der Waals surface area contributed by atoms with Gasteiger partial charge >= 0.3 is 0 Å². The van der Waals surface area contributed by atoms with Crippen LogP contribution in [0.5, 0.6) is 0 Å². The van der Waals surface area contributed by atoms with E-state index in [2.05, 4.69) is 35.9 Å². The molecule has 0 saturated carbocycles. The van der Waals surface area contributed by atoms with E-state index in [1.54, 1.807) is 0 Å². The van der Waals surface area contributed by atoms with Gasteiger partial charge in [0.05, 0.1) is 0 Å². The number of nitrogens with two attached hydrogens (primary N) is 1. The van der Waals surface area contributed by atoms with Gasteiger partial charge in [-0.15, -0.1) is 0 Å². The Morgan fingerprint density at radius 3 is 2.60 bits per heavy atom. The number of aryl methyl sites for hydroxylation is 1. The van der Waals surface area contributed by atoms with Gasteiger partial charge in [-0.3, -0.25) is 0 Å². The fraction of sp³-hybridized carbons (Fsp3) is 0.647. The predicted octanol–water partition coefficient (Wildman–Crippen LogP) is 2.62. The minimum absolute atomic E-state index is 0.769. The minimum atomic E-state index is 0.769. The Kier molecular flexibility index (Phi) is 5.86. The van der Waals surface area contributed by atoms with Crippen LogP contribution in [-0.2, 0) is 6.42 Å². The topological polar surface area (TPSA) is 32.5 Å². The highest BCUT2D eigenvalue weighted by Crippen LogP contribution is 2.17. The van der Waals surface area contributed by atoms with Crippen LogP contribution in [0.15, 0.2) is 24.3 Å². The van der Waals surface area contributed by atoms with E-state index < -0.39 is 0 Å². The molecule has 0 atom stereocenters. The molecule has 0 radical (unpaired) electrons. The molecule has 20 heavy (non-hydrogen) atoms. The Morgan fingerprint density at radius 2 is 1.95 bits per heavy atom. The van der Waals surface area contributed by atoms with Gasteiger partial charge in [0.15, 0.2) is 0 Å². The number of hydrogen-bond donors (Lipinski definition) is 1. The first-order valence-electron chi connectivity index (χ1n) is 7.96. The van der Waals surface area contributed by atoms with E-state index in [0.717, 1.165) is 18.2 Å². The van der Waals surface area contributed by atoms with Crippen molar-refractivity contribution in [1.82, 2.24) is 9.80 Å². The van der Waals surface area contributed by atoms with Gasteiger partial charge in [0.1, 0.15) is 0 Å². The van der Waals surface area contributed by atoms with Crippen LogP contribution in [0.25, 0.3) is 0 Å². The highest BCUT2D eigenvalue weighted by molar-refractivity contribution is 5.46. The first kappa shape index (κ1) is 15.3. The van der Waals surface area contributed by atoms with Crippen molar-refractivity contribution < 1.29 is 0 Å². The number of hydrogen-bond acceptors (Lipinski definition) is 3. The summed E-state index contributed by atoms with van der Waals surface area (Å²) < 4.78 is 0.